The quantitative estimate of drug-likeness (QED) is 0.138. The van der Waals surface area contributed by atoms with Crippen molar-refractivity contribution < 1.29 is 28.6 Å². The number of nitrogens with zero attached hydrogens (tertiary/aromatic N) is 4. The Kier molecular flexibility index (Phi) is 12.1. The number of halogens is 2. The summed E-state index contributed by atoms with van der Waals surface area (Å²) in [6.45, 7) is 10.5. The highest BCUT2D eigenvalue weighted by Crippen LogP contribution is 2.36. The van der Waals surface area contributed by atoms with E-state index in [0.717, 1.165) is 38.8 Å². The fourth-order valence-electron chi connectivity index (χ4n) is 5.78. The summed E-state index contributed by atoms with van der Waals surface area (Å²) in [5, 5.41) is 16.8. The van der Waals surface area contributed by atoms with E-state index >= 15 is 0 Å². The molecule has 0 radical (unpaired) electrons. The van der Waals surface area contributed by atoms with E-state index in [4.69, 9.17) is 21.1 Å². The van der Waals surface area contributed by atoms with Gasteiger partial charge in [0.25, 0.3) is 0 Å². The van der Waals surface area contributed by atoms with E-state index in [0.29, 0.717) is 59.5 Å². The number of likely N-dealkylation sites (tertiary alicyclic amines) is 1. The lowest BCUT2D eigenvalue weighted by molar-refractivity contribution is -0.157. The van der Waals surface area contributed by atoms with Crippen LogP contribution in [0.3, 0.4) is 0 Å². The van der Waals surface area contributed by atoms with Crippen molar-refractivity contribution in [1.82, 2.24) is 19.8 Å². The Hall–Kier alpha value is -3.84. The zero-order valence-electron chi connectivity index (χ0n) is 28.5. The number of rotatable bonds is 14. The molecule has 49 heavy (non-hydrogen) atoms. The summed E-state index contributed by atoms with van der Waals surface area (Å²) < 4.78 is 25.4. The van der Waals surface area contributed by atoms with Crippen molar-refractivity contribution in [3.05, 3.63) is 59.7 Å². The van der Waals surface area contributed by atoms with E-state index in [1.54, 1.807) is 25.1 Å². The number of aliphatic hydroxyl groups excluding tert-OH is 1. The molecule has 1 aliphatic heterocycles. The summed E-state index contributed by atoms with van der Waals surface area (Å²) in [7, 11) is 0. The van der Waals surface area contributed by atoms with Crippen LogP contribution >= 0.6 is 11.6 Å². The van der Waals surface area contributed by atoms with E-state index in [9.17, 15) is 19.1 Å². The van der Waals surface area contributed by atoms with Gasteiger partial charge in [-0.25, -0.2) is 14.4 Å². The number of aliphatic hydroxyl groups is 1. The third kappa shape index (κ3) is 11.1. The Morgan fingerprint density at radius 1 is 1.16 bits per heavy atom. The second-order valence-electron chi connectivity index (χ2n) is 13.9. The first kappa shape index (κ1) is 36.4. The third-order valence-corrected chi connectivity index (χ3v) is 8.60. The molecule has 1 amide bonds. The molecule has 1 aromatic heterocycles. The molecule has 11 nitrogen and oxygen atoms in total. The number of piperidine rings is 1. The Morgan fingerprint density at radius 3 is 2.59 bits per heavy atom. The molecule has 13 heteroatoms. The van der Waals surface area contributed by atoms with Crippen molar-refractivity contribution in [3.63, 3.8) is 0 Å². The normalized spacial score (nSPS) is 16.7. The first-order valence-electron chi connectivity index (χ1n) is 16.8. The third-order valence-electron chi connectivity index (χ3n) is 8.31. The van der Waals surface area contributed by atoms with Gasteiger partial charge in [-0.1, -0.05) is 17.7 Å². The number of hydrogen-bond acceptors (Lipinski definition) is 10. The minimum Gasteiger partial charge on any atom is -0.491 e. The molecule has 5 rings (SSSR count). The van der Waals surface area contributed by atoms with E-state index in [1.807, 2.05) is 31.7 Å². The molecule has 2 heterocycles. The molecular formula is C36H46ClFN6O5. The molecule has 1 atom stereocenters. The molecule has 0 unspecified atom stereocenters. The number of esters is 1. The van der Waals surface area contributed by atoms with Crippen LogP contribution in [0.2, 0.25) is 5.02 Å². The number of carbonyl (C=O) groups excluding carboxylic acids is 2. The van der Waals surface area contributed by atoms with Crippen LogP contribution in [0.4, 0.5) is 21.6 Å². The number of amides is 1. The van der Waals surface area contributed by atoms with Crippen LogP contribution in [-0.2, 0) is 14.3 Å². The van der Waals surface area contributed by atoms with E-state index < -0.39 is 17.5 Å². The van der Waals surface area contributed by atoms with Crippen LogP contribution in [0.25, 0.3) is 10.9 Å². The SMILES string of the molecule is C[C@@H](O)CN(CC(=O)OC(C)(C)C)C1CCN(CC=CC(=O)Nc2cc3c(Nc4ccc(F)c(Cl)c4)ncnc3cc2OCC2CC2)CC1. The zero-order valence-corrected chi connectivity index (χ0v) is 29.3. The van der Waals surface area contributed by atoms with Gasteiger partial charge in [-0.2, -0.15) is 0 Å². The molecule has 2 aliphatic rings. The van der Waals surface area contributed by atoms with Gasteiger partial charge in [0, 0.05) is 42.3 Å². The Balaban J connectivity index is 1.21. The summed E-state index contributed by atoms with van der Waals surface area (Å²) in [6.07, 6.45) is 8.12. The Bertz CT molecular complexity index is 1650. The van der Waals surface area contributed by atoms with Gasteiger partial charge in [-0.05, 0) is 96.7 Å². The van der Waals surface area contributed by atoms with Crippen LogP contribution in [0.1, 0.15) is 53.4 Å². The van der Waals surface area contributed by atoms with Crippen molar-refractivity contribution in [3.8, 4) is 5.75 Å². The second kappa shape index (κ2) is 16.2. The largest absolute Gasteiger partial charge is 0.491 e. The summed E-state index contributed by atoms with van der Waals surface area (Å²) in [5.74, 6) is 0.372. The van der Waals surface area contributed by atoms with Crippen molar-refractivity contribution in [2.24, 2.45) is 5.92 Å². The molecule has 1 saturated heterocycles. The summed E-state index contributed by atoms with van der Waals surface area (Å²) >= 11 is 5.98. The minimum absolute atomic E-state index is 0.0141. The van der Waals surface area contributed by atoms with Crippen LogP contribution in [0, 0.1) is 11.7 Å². The monoisotopic (exact) mass is 696 g/mol. The Labute approximate surface area is 291 Å². The standard InChI is InChI=1S/C36H46ClFN6O5/c1-23(45)19-44(20-34(47)49-36(2,3)4)26-11-14-43(15-12-26)13-5-6-33(46)42-31-17-27-30(18-32(31)48-21-24-7-8-24)39-22-40-35(27)41-25-9-10-29(38)28(37)16-25/h5-6,9-10,16-18,22-24,26,45H,7-8,11-15,19-21H2,1-4H3,(H,42,46)(H,39,40,41)/t23-/m1/s1. The average molecular weight is 697 g/mol. The lowest BCUT2D eigenvalue weighted by atomic mass is 10.0. The maximum atomic E-state index is 13.7. The number of fused-ring (bicyclic) bond motifs is 1. The van der Waals surface area contributed by atoms with Crippen molar-refractivity contribution in [2.75, 3.05) is 50.0 Å². The van der Waals surface area contributed by atoms with Gasteiger partial charge in [-0.3, -0.25) is 19.4 Å². The first-order valence-corrected chi connectivity index (χ1v) is 17.2. The fraction of sp³-hybridized carbons (Fsp3) is 0.500. The van der Waals surface area contributed by atoms with E-state index in [1.165, 1.54) is 24.5 Å². The van der Waals surface area contributed by atoms with Gasteiger partial charge >= 0.3 is 5.97 Å². The number of benzene rings is 2. The smallest absolute Gasteiger partial charge is 0.320 e. The van der Waals surface area contributed by atoms with Gasteiger partial charge in [0.05, 0.1) is 35.5 Å². The van der Waals surface area contributed by atoms with Crippen molar-refractivity contribution in [1.29, 1.82) is 0 Å². The highest BCUT2D eigenvalue weighted by atomic mass is 35.5. The van der Waals surface area contributed by atoms with Crippen LogP contribution in [-0.4, -0.2) is 93.8 Å². The maximum Gasteiger partial charge on any atom is 0.320 e. The summed E-state index contributed by atoms with van der Waals surface area (Å²) in [4.78, 5) is 38.7. The summed E-state index contributed by atoms with van der Waals surface area (Å²) in [5.41, 5.74) is 1.09. The topological polar surface area (TPSA) is 129 Å². The molecule has 3 N–H and O–H groups in total. The molecule has 264 valence electrons. The molecule has 1 saturated carbocycles. The van der Waals surface area contributed by atoms with Crippen molar-refractivity contribution in [2.45, 2.75) is 71.1 Å². The number of carbonyl (C=O) groups is 2. The number of nitrogens with one attached hydrogen (secondary N) is 2. The molecule has 3 aromatic rings. The fourth-order valence-corrected chi connectivity index (χ4v) is 5.96. The number of hydrogen-bond donors (Lipinski definition) is 3. The Morgan fingerprint density at radius 2 is 1.92 bits per heavy atom. The average Bonchev–Trinajstić information content (AvgIpc) is 3.86. The molecule has 0 bridgehead atoms. The number of anilines is 3. The molecule has 2 aromatic carbocycles. The van der Waals surface area contributed by atoms with Gasteiger partial charge in [0.1, 0.15) is 29.3 Å². The number of aromatic nitrogens is 2. The number of ether oxygens (including phenoxy) is 2. The molecule has 0 spiro atoms. The maximum absolute atomic E-state index is 13.7. The minimum atomic E-state index is -0.565. The predicted molar refractivity (Wildman–Crippen MR) is 189 cm³/mol. The lowest BCUT2D eigenvalue weighted by Gasteiger charge is -2.38. The van der Waals surface area contributed by atoms with Crippen molar-refractivity contribution >= 4 is 51.6 Å². The van der Waals surface area contributed by atoms with Gasteiger partial charge in [0.15, 0.2) is 0 Å². The van der Waals surface area contributed by atoms with Crippen LogP contribution in [0.5, 0.6) is 5.75 Å². The predicted octanol–water partition coefficient (Wildman–Crippen LogP) is 5.94. The highest BCUT2D eigenvalue weighted by Gasteiger charge is 2.28. The highest BCUT2D eigenvalue weighted by molar-refractivity contribution is 6.31. The van der Waals surface area contributed by atoms with Crippen LogP contribution in [0.15, 0.2) is 48.8 Å². The van der Waals surface area contributed by atoms with E-state index in [2.05, 4.69) is 25.5 Å². The molecular weight excluding hydrogens is 651 g/mol. The van der Waals surface area contributed by atoms with Crippen LogP contribution < -0.4 is 15.4 Å². The van der Waals surface area contributed by atoms with Gasteiger partial charge < -0.3 is 25.2 Å². The van der Waals surface area contributed by atoms with E-state index in [-0.39, 0.29) is 29.5 Å². The lowest BCUT2D eigenvalue weighted by Crippen LogP contribution is -2.49. The molecule has 2 fully saturated rings. The van der Waals surface area contributed by atoms with Gasteiger partial charge in [-0.15, -0.1) is 0 Å². The first-order chi connectivity index (χ1) is 23.3. The second-order valence-corrected chi connectivity index (χ2v) is 14.3. The zero-order chi connectivity index (χ0) is 35.1. The molecule has 1 aliphatic carbocycles. The summed E-state index contributed by atoms with van der Waals surface area (Å²) in [6, 6.07) is 8.03. The van der Waals surface area contributed by atoms with Gasteiger partial charge in [0.2, 0.25) is 5.91 Å².